The van der Waals surface area contributed by atoms with Crippen LogP contribution < -0.4 is 5.32 Å². The summed E-state index contributed by atoms with van der Waals surface area (Å²) in [6.45, 7) is 6.87. The molecule has 0 aliphatic carbocycles. The number of alkyl halides is 1. The summed E-state index contributed by atoms with van der Waals surface area (Å²) in [7, 11) is 0. The Hall–Kier alpha value is -0.660. The minimum absolute atomic E-state index is 0.0789. The molecule has 1 N–H and O–H groups in total. The number of halogens is 1. The second-order valence-electron chi connectivity index (χ2n) is 4.73. The number of carbonyl (C=O) groups excluding carboxylic acids is 2. The van der Waals surface area contributed by atoms with Gasteiger partial charge in [0, 0.05) is 6.54 Å². The first-order chi connectivity index (χ1) is 8.85. The Bertz CT molecular complexity index is 278. The topological polar surface area (TPSA) is 73.9 Å². The lowest BCUT2D eigenvalue weighted by molar-refractivity contribution is -0.160. The fraction of sp³-hybridized carbons (Fsp3) is 0.833. The molecule has 19 heavy (non-hydrogen) atoms. The number of esters is 1. The van der Waals surface area contributed by atoms with Gasteiger partial charge in [-0.25, -0.2) is 4.79 Å². The van der Waals surface area contributed by atoms with Crippen LogP contribution in [0.3, 0.4) is 0 Å². The van der Waals surface area contributed by atoms with Crippen molar-refractivity contribution in [2.45, 2.75) is 26.4 Å². The van der Waals surface area contributed by atoms with Crippen LogP contribution in [0.5, 0.6) is 0 Å². The molecule has 0 spiro atoms. The lowest BCUT2D eigenvalue weighted by atomic mass is 10.2. The fourth-order valence-corrected chi connectivity index (χ4v) is 1.25. The van der Waals surface area contributed by atoms with Crippen LogP contribution in [-0.4, -0.2) is 55.8 Å². The number of ether oxygens (including phenoxy) is 3. The first-order valence-electron chi connectivity index (χ1n) is 6.05. The predicted octanol–water partition coefficient (Wildman–Crippen LogP) is 0.872. The summed E-state index contributed by atoms with van der Waals surface area (Å²) in [5.41, 5.74) is -0.495. The minimum atomic E-state index is -0.495. The van der Waals surface area contributed by atoms with Gasteiger partial charge in [-0.15, -0.1) is 0 Å². The zero-order valence-corrected chi connectivity index (χ0v) is 13.2. The smallest absolute Gasteiger partial charge is 0.332 e. The quantitative estimate of drug-likeness (QED) is 0.383. The zero-order valence-electron chi connectivity index (χ0n) is 11.7. The number of carbonyl (C=O) groups is 2. The molecule has 0 fully saturated rings. The minimum Gasteiger partial charge on any atom is -0.458 e. The van der Waals surface area contributed by atoms with Gasteiger partial charge in [-0.2, -0.15) is 0 Å². The summed E-state index contributed by atoms with van der Waals surface area (Å²) in [5.74, 6) is -0.471. The average molecular weight is 340 g/mol. The molecule has 0 heterocycles. The van der Waals surface area contributed by atoms with Crippen LogP contribution in [-0.2, 0) is 23.8 Å². The summed E-state index contributed by atoms with van der Waals surface area (Å²) < 4.78 is 15.4. The van der Waals surface area contributed by atoms with Crippen molar-refractivity contribution in [3.05, 3.63) is 0 Å². The molecule has 0 saturated carbocycles. The molecule has 0 aliphatic rings. The summed E-state index contributed by atoms with van der Waals surface area (Å²) >= 11 is 3.04. The number of rotatable bonds is 9. The van der Waals surface area contributed by atoms with E-state index in [9.17, 15) is 9.59 Å². The number of nitrogens with one attached hydrogen (secondary N) is 1. The highest BCUT2D eigenvalue weighted by Gasteiger charge is 2.15. The SMILES string of the molecule is CC(C)(C)OC(=O)COCCOCCNC(=O)CBr. The van der Waals surface area contributed by atoms with Gasteiger partial charge in [-0.05, 0) is 20.8 Å². The van der Waals surface area contributed by atoms with Crippen molar-refractivity contribution in [2.24, 2.45) is 0 Å². The van der Waals surface area contributed by atoms with Gasteiger partial charge in [0.05, 0.1) is 25.2 Å². The van der Waals surface area contributed by atoms with Gasteiger partial charge >= 0.3 is 5.97 Å². The van der Waals surface area contributed by atoms with Crippen molar-refractivity contribution in [2.75, 3.05) is 38.3 Å². The summed E-state index contributed by atoms with van der Waals surface area (Å²) in [6.07, 6.45) is 0. The second-order valence-corrected chi connectivity index (χ2v) is 5.30. The molecule has 0 aromatic rings. The highest BCUT2D eigenvalue weighted by molar-refractivity contribution is 9.09. The van der Waals surface area contributed by atoms with E-state index < -0.39 is 11.6 Å². The average Bonchev–Trinajstić information content (AvgIpc) is 2.29. The van der Waals surface area contributed by atoms with Crippen LogP contribution in [0.15, 0.2) is 0 Å². The molecule has 0 saturated heterocycles. The lowest BCUT2D eigenvalue weighted by Gasteiger charge is -2.19. The van der Waals surface area contributed by atoms with Crippen LogP contribution in [0.1, 0.15) is 20.8 Å². The molecule has 0 rings (SSSR count). The van der Waals surface area contributed by atoms with Gasteiger partial charge in [0.2, 0.25) is 5.91 Å². The number of hydrogen-bond donors (Lipinski definition) is 1. The summed E-state index contributed by atoms with van der Waals surface area (Å²) in [5, 5.41) is 2.93. The molecule has 7 heteroatoms. The Balaban J connectivity index is 3.32. The van der Waals surface area contributed by atoms with E-state index in [0.717, 1.165) is 0 Å². The standard InChI is InChI=1S/C12H22BrNO5/c1-12(2,3)19-11(16)9-18-7-6-17-5-4-14-10(15)8-13/h4-9H2,1-3H3,(H,14,15). The van der Waals surface area contributed by atoms with Gasteiger partial charge in [-0.3, -0.25) is 4.79 Å². The molecular weight excluding hydrogens is 318 g/mol. The van der Waals surface area contributed by atoms with Crippen molar-refractivity contribution in [3.8, 4) is 0 Å². The molecule has 1 amide bonds. The largest absolute Gasteiger partial charge is 0.458 e. The number of amides is 1. The maximum atomic E-state index is 11.3. The fourth-order valence-electron chi connectivity index (χ4n) is 1.06. The van der Waals surface area contributed by atoms with Crippen LogP contribution in [0.25, 0.3) is 0 Å². The van der Waals surface area contributed by atoms with Gasteiger partial charge < -0.3 is 19.5 Å². The van der Waals surface area contributed by atoms with Crippen molar-refractivity contribution >= 4 is 27.8 Å². The molecule has 0 aromatic heterocycles. The van der Waals surface area contributed by atoms with Gasteiger partial charge in [0.1, 0.15) is 12.2 Å². The van der Waals surface area contributed by atoms with E-state index in [0.29, 0.717) is 26.4 Å². The molecule has 0 aromatic carbocycles. The van der Waals surface area contributed by atoms with Gasteiger partial charge in [0.25, 0.3) is 0 Å². The third-order valence-electron chi connectivity index (χ3n) is 1.70. The highest BCUT2D eigenvalue weighted by atomic mass is 79.9. The van der Waals surface area contributed by atoms with Crippen molar-refractivity contribution < 1.29 is 23.8 Å². The van der Waals surface area contributed by atoms with E-state index in [1.165, 1.54) is 0 Å². The molecule has 112 valence electrons. The Kier molecular flexibility index (Phi) is 9.81. The van der Waals surface area contributed by atoms with E-state index in [4.69, 9.17) is 14.2 Å². The van der Waals surface area contributed by atoms with Gasteiger partial charge in [-0.1, -0.05) is 15.9 Å². The number of hydrogen-bond acceptors (Lipinski definition) is 5. The summed E-state index contributed by atoms with van der Waals surface area (Å²) in [6, 6.07) is 0. The Morgan fingerprint density at radius 2 is 1.74 bits per heavy atom. The third-order valence-corrected chi connectivity index (χ3v) is 2.21. The maximum Gasteiger partial charge on any atom is 0.332 e. The van der Waals surface area contributed by atoms with E-state index in [1.54, 1.807) is 20.8 Å². The normalized spacial score (nSPS) is 11.2. The van der Waals surface area contributed by atoms with E-state index in [-0.39, 0.29) is 17.8 Å². The lowest BCUT2D eigenvalue weighted by Crippen LogP contribution is -2.28. The van der Waals surface area contributed by atoms with Crippen LogP contribution in [0.2, 0.25) is 0 Å². The van der Waals surface area contributed by atoms with E-state index in [2.05, 4.69) is 21.2 Å². The molecule has 0 bridgehead atoms. The molecule has 0 unspecified atom stereocenters. The molecule has 0 radical (unpaired) electrons. The van der Waals surface area contributed by atoms with Crippen molar-refractivity contribution in [3.63, 3.8) is 0 Å². The first kappa shape index (κ1) is 18.3. The van der Waals surface area contributed by atoms with E-state index >= 15 is 0 Å². The zero-order chi connectivity index (χ0) is 14.7. The Morgan fingerprint density at radius 3 is 2.32 bits per heavy atom. The molecule has 6 nitrogen and oxygen atoms in total. The Morgan fingerprint density at radius 1 is 1.11 bits per heavy atom. The van der Waals surface area contributed by atoms with E-state index in [1.807, 2.05) is 0 Å². The third kappa shape index (κ3) is 13.6. The Labute approximate surface area is 122 Å². The molecular formula is C12H22BrNO5. The first-order valence-corrected chi connectivity index (χ1v) is 7.17. The van der Waals surface area contributed by atoms with Gasteiger partial charge in [0.15, 0.2) is 0 Å². The van der Waals surface area contributed by atoms with Crippen molar-refractivity contribution in [1.29, 1.82) is 0 Å². The monoisotopic (exact) mass is 339 g/mol. The van der Waals surface area contributed by atoms with Crippen LogP contribution in [0, 0.1) is 0 Å². The molecule has 0 aliphatic heterocycles. The van der Waals surface area contributed by atoms with Crippen LogP contribution in [0.4, 0.5) is 0 Å². The highest BCUT2D eigenvalue weighted by Crippen LogP contribution is 2.06. The predicted molar refractivity (Wildman–Crippen MR) is 74.3 cm³/mol. The summed E-state index contributed by atoms with van der Waals surface area (Å²) in [4.78, 5) is 22.1. The second kappa shape index (κ2) is 10.2. The van der Waals surface area contributed by atoms with Crippen LogP contribution >= 0.6 is 15.9 Å². The molecule has 0 atom stereocenters. The van der Waals surface area contributed by atoms with Crippen molar-refractivity contribution in [1.82, 2.24) is 5.32 Å². The maximum absolute atomic E-state index is 11.3.